The second-order valence-electron chi connectivity index (χ2n) is 4.77. The molecular formula is C15H21NO3. The summed E-state index contributed by atoms with van der Waals surface area (Å²) in [4.78, 5) is 14.0. The second kappa shape index (κ2) is 6.57. The molecule has 104 valence electrons. The van der Waals surface area contributed by atoms with Gasteiger partial charge in [0.05, 0.1) is 7.11 Å². The predicted octanol–water partition coefficient (Wildman–Crippen LogP) is 2.22. The first-order valence-corrected chi connectivity index (χ1v) is 6.70. The van der Waals surface area contributed by atoms with Gasteiger partial charge >= 0.3 is 0 Å². The van der Waals surface area contributed by atoms with Gasteiger partial charge in [0, 0.05) is 20.1 Å². The van der Waals surface area contributed by atoms with E-state index in [2.05, 4.69) is 0 Å². The van der Waals surface area contributed by atoms with E-state index in [1.165, 1.54) is 0 Å². The third-order valence-corrected chi connectivity index (χ3v) is 3.55. The Morgan fingerprint density at radius 3 is 3.00 bits per heavy atom. The van der Waals surface area contributed by atoms with Gasteiger partial charge in [-0.25, -0.2) is 0 Å². The number of hydrogen-bond acceptors (Lipinski definition) is 3. The lowest BCUT2D eigenvalue weighted by molar-refractivity contribution is -0.139. The molecule has 0 N–H and O–H groups in total. The summed E-state index contributed by atoms with van der Waals surface area (Å²) in [6.07, 6.45) is 3.21. The van der Waals surface area contributed by atoms with Crippen LogP contribution in [0.3, 0.4) is 0 Å². The summed E-state index contributed by atoms with van der Waals surface area (Å²) in [6, 6.07) is 7.86. The first kappa shape index (κ1) is 13.9. The van der Waals surface area contributed by atoms with Crippen LogP contribution in [0.4, 0.5) is 0 Å². The van der Waals surface area contributed by atoms with Gasteiger partial charge in [-0.3, -0.25) is 4.79 Å². The Morgan fingerprint density at radius 1 is 1.42 bits per heavy atom. The summed E-state index contributed by atoms with van der Waals surface area (Å²) in [5.74, 6) is 1.01. The van der Waals surface area contributed by atoms with Crippen LogP contribution in [0.15, 0.2) is 24.3 Å². The molecule has 1 saturated heterocycles. The van der Waals surface area contributed by atoms with Gasteiger partial charge in [-0.1, -0.05) is 12.1 Å². The summed E-state index contributed by atoms with van der Waals surface area (Å²) in [5, 5.41) is 0. The molecule has 1 aromatic rings. The molecule has 0 bridgehead atoms. The number of hydrogen-bond donors (Lipinski definition) is 0. The van der Waals surface area contributed by atoms with Crippen molar-refractivity contribution in [2.45, 2.75) is 31.9 Å². The number of methoxy groups -OCH3 is 2. The highest BCUT2D eigenvalue weighted by atomic mass is 16.5. The van der Waals surface area contributed by atoms with E-state index >= 15 is 0 Å². The van der Waals surface area contributed by atoms with Crippen LogP contribution in [0.1, 0.15) is 24.8 Å². The van der Waals surface area contributed by atoms with E-state index in [0.717, 1.165) is 37.1 Å². The quantitative estimate of drug-likeness (QED) is 0.817. The Bertz CT molecular complexity index is 433. The lowest BCUT2D eigenvalue weighted by atomic mass is 10.1. The lowest BCUT2D eigenvalue weighted by Crippen LogP contribution is -2.36. The zero-order valence-corrected chi connectivity index (χ0v) is 11.6. The number of ether oxygens (including phenoxy) is 2. The molecule has 1 aromatic carbocycles. The summed E-state index contributed by atoms with van der Waals surface area (Å²) < 4.78 is 10.5. The summed E-state index contributed by atoms with van der Waals surface area (Å²) in [5.41, 5.74) is 1.13. The maximum absolute atomic E-state index is 12.2. The lowest BCUT2D eigenvalue weighted by Gasteiger charge is -2.23. The largest absolute Gasteiger partial charge is 0.497 e. The molecule has 4 heteroatoms. The molecule has 1 aliphatic heterocycles. The SMILES string of the molecule is COc1cccc(CCC(=O)N2CCCC2OC)c1. The van der Waals surface area contributed by atoms with Crippen molar-refractivity contribution in [3.63, 3.8) is 0 Å². The molecule has 0 saturated carbocycles. The van der Waals surface area contributed by atoms with Crippen molar-refractivity contribution in [2.75, 3.05) is 20.8 Å². The predicted molar refractivity (Wildman–Crippen MR) is 73.1 cm³/mol. The van der Waals surface area contributed by atoms with Crippen LogP contribution < -0.4 is 4.74 Å². The molecule has 0 radical (unpaired) electrons. The first-order chi connectivity index (χ1) is 9.24. The van der Waals surface area contributed by atoms with Gasteiger partial charge in [0.15, 0.2) is 0 Å². The minimum Gasteiger partial charge on any atom is -0.497 e. The summed E-state index contributed by atoms with van der Waals surface area (Å²) in [7, 11) is 3.32. The van der Waals surface area contributed by atoms with E-state index < -0.39 is 0 Å². The normalized spacial score (nSPS) is 18.6. The number of likely N-dealkylation sites (tertiary alicyclic amines) is 1. The van der Waals surface area contributed by atoms with Crippen molar-refractivity contribution in [1.82, 2.24) is 4.90 Å². The second-order valence-corrected chi connectivity index (χ2v) is 4.77. The number of nitrogens with zero attached hydrogens (tertiary/aromatic N) is 1. The van der Waals surface area contributed by atoms with Crippen LogP contribution in [0, 0.1) is 0 Å². The number of amides is 1. The number of aryl methyl sites for hydroxylation is 1. The number of benzene rings is 1. The molecule has 1 amide bonds. The Hall–Kier alpha value is -1.55. The van der Waals surface area contributed by atoms with Crippen molar-refractivity contribution in [3.8, 4) is 5.75 Å². The van der Waals surface area contributed by atoms with E-state index in [4.69, 9.17) is 9.47 Å². The minimum absolute atomic E-state index is 0.0298. The highest BCUT2D eigenvalue weighted by Gasteiger charge is 2.27. The van der Waals surface area contributed by atoms with Crippen LogP contribution in [0.2, 0.25) is 0 Å². The Labute approximate surface area is 114 Å². The van der Waals surface area contributed by atoms with Gasteiger partial charge < -0.3 is 14.4 Å². The molecular weight excluding hydrogens is 242 g/mol. The molecule has 0 spiro atoms. The summed E-state index contributed by atoms with van der Waals surface area (Å²) in [6.45, 7) is 0.815. The Morgan fingerprint density at radius 2 is 2.26 bits per heavy atom. The van der Waals surface area contributed by atoms with Crippen molar-refractivity contribution >= 4 is 5.91 Å². The van der Waals surface area contributed by atoms with Crippen LogP contribution in [0.25, 0.3) is 0 Å². The average Bonchev–Trinajstić information content (AvgIpc) is 2.93. The van der Waals surface area contributed by atoms with Crippen molar-refractivity contribution < 1.29 is 14.3 Å². The molecule has 1 aliphatic rings. The average molecular weight is 263 g/mol. The minimum atomic E-state index is -0.0298. The van der Waals surface area contributed by atoms with E-state index in [-0.39, 0.29) is 12.1 Å². The van der Waals surface area contributed by atoms with Gasteiger partial charge in [-0.2, -0.15) is 0 Å². The van der Waals surface area contributed by atoms with E-state index in [0.29, 0.717) is 6.42 Å². The maximum Gasteiger partial charge on any atom is 0.224 e. The molecule has 2 rings (SSSR count). The Balaban J connectivity index is 1.89. The molecule has 19 heavy (non-hydrogen) atoms. The molecule has 1 unspecified atom stereocenters. The smallest absolute Gasteiger partial charge is 0.224 e. The fourth-order valence-electron chi connectivity index (χ4n) is 2.49. The molecule has 1 heterocycles. The highest BCUT2D eigenvalue weighted by Crippen LogP contribution is 2.20. The zero-order valence-electron chi connectivity index (χ0n) is 11.6. The topological polar surface area (TPSA) is 38.8 Å². The number of carbonyl (C=O) groups is 1. The highest BCUT2D eigenvalue weighted by molar-refractivity contribution is 5.77. The monoisotopic (exact) mass is 263 g/mol. The molecule has 0 aliphatic carbocycles. The van der Waals surface area contributed by atoms with Crippen molar-refractivity contribution in [3.05, 3.63) is 29.8 Å². The van der Waals surface area contributed by atoms with Gasteiger partial charge in [0.2, 0.25) is 5.91 Å². The van der Waals surface area contributed by atoms with E-state index in [9.17, 15) is 4.79 Å². The fourth-order valence-corrected chi connectivity index (χ4v) is 2.49. The van der Waals surface area contributed by atoms with Crippen LogP contribution in [-0.4, -0.2) is 37.8 Å². The fraction of sp³-hybridized carbons (Fsp3) is 0.533. The van der Waals surface area contributed by atoms with E-state index in [1.807, 2.05) is 29.2 Å². The first-order valence-electron chi connectivity index (χ1n) is 6.70. The molecule has 1 fully saturated rings. The molecule has 0 aromatic heterocycles. The van der Waals surface area contributed by atoms with Gasteiger partial charge in [-0.05, 0) is 37.0 Å². The van der Waals surface area contributed by atoms with Gasteiger partial charge in [0.25, 0.3) is 0 Å². The van der Waals surface area contributed by atoms with Gasteiger partial charge in [0.1, 0.15) is 12.0 Å². The van der Waals surface area contributed by atoms with Crippen molar-refractivity contribution in [1.29, 1.82) is 0 Å². The zero-order chi connectivity index (χ0) is 13.7. The third-order valence-electron chi connectivity index (χ3n) is 3.55. The number of carbonyl (C=O) groups excluding carboxylic acids is 1. The maximum atomic E-state index is 12.2. The number of rotatable bonds is 5. The Kier molecular flexibility index (Phi) is 4.80. The van der Waals surface area contributed by atoms with E-state index in [1.54, 1.807) is 14.2 Å². The third kappa shape index (κ3) is 3.47. The molecule has 1 atom stereocenters. The van der Waals surface area contributed by atoms with Gasteiger partial charge in [-0.15, -0.1) is 0 Å². The van der Waals surface area contributed by atoms with Crippen LogP contribution in [-0.2, 0) is 16.0 Å². The van der Waals surface area contributed by atoms with Crippen LogP contribution >= 0.6 is 0 Å². The summed E-state index contributed by atoms with van der Waals surface area (Å²) >= 11 is 0. The van der Waals surface area contributed by atoms with Crippen LogP contribution in [0.5, 0.6) is 5.75 Å². The molecule has 4 nitrogen and oxygen atoms in total. The standard InChI is InChI=1S/C15H21NO3/c1-18-13-6-3-5-12(11-13)8-9-14(17)16-10-4-7-15(16)19-2/h3,5-6,11,15H,4,7-10H2,1-2H3. The van der Waals surface area contributed by atoms with Crippen molar-refractivity contribution in [2.24, 2.45) is 0 Å².